The molecular formula is C19H18ClN5O. The van der Waals surface area contributed by atoms with E-state index in [9.17, 15) is 4.79 Å². The molecule has 0 atom stereocenters. The van der Waals surface area contributed by atoms with Gasteiger partial charge < -0.3 is 10.2 Å². The van der Waals surface area contributed by atoms with E-state index in [1.807, 2.05) is 59.9 Å². The van der Waals surface area contributed by atoms with E-state index in [0.29, 0.717) is 22.8 Å². The van der Waals surface area contributed by atoms with Gasteiger partial charge in [0.2, 0.25) is 0 Å². The second-order valence-corrected chi connectivity index (χ2v) is 6.91. The van der Waals surface area contributed by atoms with Crippen LogP contribution in [-0.2, 0) is 0 Å². The maximum Gasteiger partial charge on any atom is 0.255 e. The topological polar surface area (TPSA) is 62.5 Å². The number of likely N-dealkylation sites (N-methyl/N-ethyl adjacent to an activating group) is 1. The molecule has 0 radical (unpaired) electrons. The number of rotatable bonds is 4. The van der Waals surface area contributed by atoms with Crippen LogP contribution in [0.25, 0.3) is 27.6 Å². The van der Waals surface area contributed by atoms with Gasteiger partial charge in [-0.05, 0) is 44.4 Å². The summed E-state index contributed by atoms with van der Waals surface area (Å²) in [6, 6.07) is 9.43. The number of fused-ring (bicyclic) bond motifs is 4. The van der Waals surface area contributed by atoms with E-state index in [-0.39, 0.29) is 5.91 Å². The number of amides is 1. The average Bonchev–Trinajstić information content (AvgIpc) is 3.08. The first-order valence-corrected chi connectivity index (χ1v) is 8.70. The molecule has 3 aromatic heterocycles. The first-order chi connectivity index (χ1) is 12.5. The zero-order valence-electron chi connectivity index (χ0n) is 14.5. The SMILES string of the molecule is CN(C)CCNC(=O)c1cc2cc3cc(Cl)ccc3nc2n2ccnc12. The molecule has 0 unspecified atom stereocenters. The third-order valence-corrected chi connectivity index (χ3v) is 4.52. The summed E-state index contributed by atoms with van der Waals surface area (Å²) in [4.78, 5) is 23.8. The molecule has 0 saturated heterocycles. The van der Waals surface area contributed by atoms with Gasteiger partial charge in [-0.25, -0.2) is 9.97 Å². The van der Waals surface area contributed by atoms with Crippen LogP contribution >= 0.6 is 11.6 Å². The average molecular weight is 368 g/mol. The quantitative estimate of drug-likeness (QED) is 0.563. The van der Waals surface area contributed by atoms with Gasteiger partial charge in [0.15, 0.2) is 5.65 Å². The van der Waals surface area contributed by atoms with Crippen LogP contribution in [0, 0.1) is 0 Å². The molecule has 0 saturated carbocycles. The smallest absolute Gasteiger partial charge is 0.255 e. The molecule has 1 amide bonds. The molecule has 132 valence electrons. The van der Waals surface area contributed by atoms with Gasteiger partial charge >= 0.3 is 0 Å². The lowest BCUT2D eigenvalue weighted by Gasteiger charge is -2.12. The Morgan fingerprint density at radius 2 is 2.04 bits per heavy atom. The highest BCUT2D eigenvalue weighted by Crippen LogP contribution is 2.25. The number of halogens is 1. The lowest BCUT2D eigenvalue weighted by Crippen LogP contribution is -2.31. The van der Waals surface area contributed by atoms with Gasteiger partial charge in [0.05, 0.1) is 11.1 Å². The molecular weight excluding hydrogens is 350 g/mol. The molecule has 1 aromatic carbocycles. The van der Waals surface area contributed by atoms with E-state index in [2.05, 4.69) is 10.3 Å². The molecule has 0 aliphatic heterocycles. The Hall–Kier alpha value is -2.70. The number of pyridine rings is 2. The largest absolute Gasteiger partial charge is 0.351 e. The molecule has 0 bridgehead atoms. The molecule has 26 heavy (non-hydrogen) atoms. The Balaban J connectivity index is 1.85. The predicted octanol–water partition coefficient (Wildman–Crippen LogP) is 2.98. The van der Waals surface area contributed by atoms with Gasteiger partial charge in [-0.2, -0.15) is 0 Å². The maximum absolute atomic E-state index is 12.7. The van der Waals surface area contributed by atoms with E-state index in [1.165, 1.54) is 0 Å². The van der Waals surface area contributed by atoms with Gasteiger partial charge in [0.25, 0.3) is 5.91 Å². The van der Waals surface area contributed by atoms with Crippen LogP contribution in [0.1, 0.15) is 10.4 Å². The van der Waals surface area contributed by atoms with E-state index in [0.717, 1.165) is 28.5 Å². The van der Waals surface area contributed by atoms with Crippen molar-refractivity contribution in [3.05, 3.63) is 53.3 Å². The Kier molecular flexibility index (Phi) is 4.22. The molecule has 7 heteroatoms. The number of hydrogen-bond acceptors (Lipinski definition) is 4. The summed E-state index contributed by atoms with van der Waals surface area (Å²) in [6.45, 7) is 1.34. The molecule has 4 aromatic rings. The number of imidazole rings is 1. The van der Waals surface area contributed by atoms with Crippen molar-refractivity contribution in [2.45, 2.75) is 0 Å². The van der Waals surface area contributed by atoms with Crippen LogP contribution in [0.3, 0.4) is 0 Å². The highest BCUT2D eigenvalue weighted by molar-refractivity contribution is 6.31. The Morgan fingerprint density at radius 1 is 1.19 bits per heavy atom. The van der Waals surface area contributed by atoms with E-state index in [4.69, 9.17) is 16.6 Å². The zero-order valence-corrected chi connectivity index (χ0v) is 15.3. The molecule has 0 fully saturated rings. The molecule has 1 N–H and O–H groups in total. The normalized spacial score (nSPS) is 11.7. The minimum atomic E-state index is -0.142. The first kappa shape index (κ1) is 16.8. The molecule has 4 rings (SSSR count). The van der Waals surface area contributed by atoms with E-state index < -0.39 is 0 Å². The van der Waals surface area contributed by atoms with E-state index >= 15 is 0 Å². The van der Waals surface area contributed by atoms with Gasteiger partial charge in [-0.3, -0.25) is 9.20 Å². The van der Waals surface area contributed by atoms with Crippen LogP contribution in [-0.4, -0.2) is 52.4 Å². The van der Waals surface area contributed by atoms with Crippen LogP contribution < -0.4 is 5.32 Å². The Labute approximate surface area is 155 Å². The number of benzene rings is 1. The predicted molar refractivity (Wildman–Crippen MR) is 104 cm³/mol. The number of nitrogens with zero attached hydrogens (tertiary/aromatic N) is 4. The van der Waals surface area contributed by atoms with Crippen molar-refractivity contribution < 1.29 is 4.79 Å². The van der Waals surface area contributed by atoms with Gasteiger partial charge in [0.1, 0.15) is 5.65 Å². The first-order valence-electron chi connectivity index (χ1n) is 8.32. The van der Waals surface area contributed by atoms with Crippen molar-refractivity contribution in [1.29, 1.82) is 0 Å². The van der Waals surface area contributed by atoms with Crippen molar-refractivity contribution in [2.24, 2.45) is 0 Å². The molecule has 0 aliphatic rings. The van der Waals surface area contributed by atoms with Gasteiger partial charge in [0, 0.05) is 41.3 Å². The summed E-state index contributed by atoms with van der Waals surface area (Å²) in [5, 5.41) is 5.40. The monoisotopic (exact) mass is 367 g/mol. The van der Waals surface area contributed by atoms with E-state index in [1.54, 1.807) is 6.20 Å². The lowest BCUT2D eigenvalue weighted by atomic mass is 10.1. The number of carbonyl (C=O) groups is 1. The highest BCUT2D eigenvalue weighted by Gasteiger charge is 2.15. The maximum atomic E-state index is 12.7. The fraction of sp³-hybridized carbons (Fsp3) is 0.211. The fourth-order valence-corrected chi connectivity index (χ4v) is 3.18. The van der Waals surface area contributed by atoms with Crippen LogP contribution in [0.4, 0.5) is 0 Å². The number of aromatic nitrogens is 3. The number of nitrogens with one attached hydrogen (secondary N) is 1. The zero-order chi connectivity index (χ0) is 18.3. The minimum absolute atomic E-state index is 0.142. The van der Waals surface area contributed by atoms with Gasteiger partial charge in [-0.15, -0.1) is 0 Å². The Morgan fingerprint density at radius 3 is 2.85 bits per heavy atom. The molecule has 6 nitrogen and oxygen atoms in total. The van der Waals surface area contributed by atoms with Crippen molar-refractivity contribution >= 4 is 45.1 Å². The summed E-state index contributed by atoms with van der Waals surface area (Å²) in [6.07, 6.45) is 3.50. The summed E-state index contributed by atoms with van der Waals surface area (Å²) in [5.74, 6) is -0.142. The molecule has 0 spiro atoms. The third-order valence-electron chi connectivity index (χ3n) is 4.28. The molecule has 0 aliphatic carbocycles. The summed E-state index contributed by atoms with van der Waals surface area (Å²) in [7, 11) is 3.94. The van der Waals surface area contributed by atoms with Crippen molar-refractivity contribution in [3.63, 3.8) is 0 Å². The third kappa shape index (κ3) is 2.98. The summed E-state index contributed by atoms with van der Waals surface area (Å²) >= 11 is 6.10. The van der Waals surface area contributed by atoms with Crippen molar-refractivity contribution in [3.8, 4) is 0 Å². The standard InChI is InChI=1S/C19H18ClN5O/c1-24(2)7-5-22-19(26)15-11-13-9-12-10-14(20)3-4-16(12)23-17(13)25-8-6-21-18(15)25/h3-4,6,8-11H,5,7H2,1-2H3,(H,22,26). The van der Waals surface area contributed by atoms with Crippen LogP contribution in [0.5, 0.6) is 0 Å². The number of hydrogen-bond donors (Lipinski definition) is 1. The second kappa shape index (κ2) is 6.55. The van der Waals surface area contributed by atoms with Crippen LogP contribution in [0.15, 0.2) is 42.7 Å². The number of carbonyl (C=O) groups excluding carboxylic acids is 1. The van der Waals surface area contributed by atoms with Crippen LogP contribution in [0.2, 0.25) is 5.02 Å². The summed E-state index contributed by atoms with van der Waals surface area (Å²) < 4.78 is 1.85. The Bertz CT molecular complexity index is 1140. The lowest BCUT2D eigenvalue weighted by molar-refractivity contribution is 0.0952. The summed E-state index contributed by atoms with van der Waals surface area (Å²) in [5.41, 5.74) is 2.74. The van der Waals surface area contributed by atoms with Gasteiger partial charge in [-0.1, -0.05) is 11.6 Å². The fourth-order valence-electron chi connectivity index (χ4n) is 3.00. The second-order valence-electron chi connectivity index (χ2n) is 6.48. The molecule has 3 heterocycles. The van der Waals surface area contributed by atoms with Crippen molar-refractivity contribution in [1.82, 2.24) is 24.6 Å². The highest BCUT2D eigenvalue weighted by atomic mass is 35.5. The van der Waals surface area contributed by atoms with Crippen molar-refractivity contribution in [2.75, 3.05) is 27.2 Å². The minimum Gasteiger partial charge on any atom is -0.351 e.